The third kappa shape index (κ3) is 7.68. The Labute approximate surface area is 223 Å². The Morgan fingerprint density at radius 1 is 0.973 bits per heavy atom. The summed E-state index contributed by atoms with van der Waals surface area (Å²) in [7, 11) is 1.29. The van der Waals surface area contributed by atoms with Crippen LogP contribution in [0, 0.1) is 0 Å². The molecule has 198 valence electrons. The van der Waals surface area contributed by atoms with Crippen molar-refractivity contribution in [2.45, 2.75) is 75.6 Å². The monoisotopic (exact) mass is 524 g/mol. The van der Waals surface area contributed by atoms with Crippen molar-refractivity contribution in [1.29, 1.82) is 0 Å². The van der Waals surface area contributed by atoms with E-state index in [4.69, 9.17) is 4.74 Å². The first kappa shape index (κ1) is 28.4. The van der Waals surface area contributed by atoms with Crippen LogP contribution >= 0.6 is 11.8 Å². The van der Waals surface area contributed by atoms with Gasteiger partial charge in [0.05, 0.1) is 12.4 Å². The number of nitrogens with one attached hydrogen (secondary N) is 2. The van der Waals surface area contributed by atoms with Gasteiger partial charge < -0.3 is 15.4 Å². The van der Waals surface area contributed by atoms with Crippen molar-refractivity contribution in [1.82, 2.24) is 10.6 Å². The van der Waals surface area contributed by atoms with E-state index in [0.29, 0.717) is 19.3 Å². The van der Waals surface area contributed by atoms with E-state index in [1.807, 2.05) is 61.5 Å². The second-order valence-corrected chi connectivity index (χ2v) is 10.9. The summed E-state index contributed by atoms with van der Waals surface area (Å²) in [4.78, 5) is 50.9. The van der Waals surface area contributed by atoms with Crippen molar-refractivity contribution < 1.29 is 23.9 Å². The van der Waals surface area contributed by atoms with E-state index in [0.717, 1.165) is 47.7 Å². The van der Waals surface area contributed by atoms with Gasteiger partial charge in [0.1, 0.15) is 11.6 Å². The van der Waals surface area contributed by atoms with Crippen LogP contribution in [0.2, 0.25) is 0 Å². The van der Waals surface area contributed by atoms with Gasteiger partial charge in [0.2, 0.25) is 11.8 Å². The van der Waals surface area contributed by atoms with Crippen LogP contribution in [0.3, 0.4) is 0 Å². The average Bonchev–Trinajstić information content (AvgIpc) is 3.38. The maximum atomic E-state index is 13.6. The average molecular weight is 525 g/mol. The Kier molecular flexibility index (Phi) is 10.3. The standard InChI is InChI=1S/C29H36N2O5S/c1-4-10-25(37-20(2)32)26(33)31-29(17-8-9-18-29)28(35)30-24(27(34)36-3)19-21-13-15-23(16-14-21)22-11-6-5-7-12-22/h5-7,11-16,24-25H,4,8-10,17-19H2,1-3H3,(H,30,35)(H,31,33)/t24-,25+/m0/s1. The Bertz CT molecular complexity index is 1080. The highest BCUT2D eigenvalue weighted by molar-refractivity contribution is 8.14. The molecule has 3 rings (SSSR count). The smallest absolute Gasteiger partial charge is 0.328 e. The Morgan fingerprint density at radius 3 is 2.16 bits per heavy atom. The summed E-state index contributed by atoms with van der Waals surface area (Å²) >= 11 is 0.993. The van der Waals surface area contributed by atoms with E-state index < -0.39 is 28.7 Å². The molecule has 2 aromatic rings. The lowest BCUT2D eigenvalue weighted by atomic mass is 9.94. The van der Waals surface area contributed by atoms with Crippen molar-refractivity contribution in [3.8, 4) is 11.1 Å². The molecular weight excluding hydrogens is 488 g/mol. The summed E-state index contributed by atoms with van der Waals surface area (Å²) in [5, 5.41) is 5.13. The van der Waals surface area contributed by atoms with Gasteiger partial charge >= 0.3 is 5.97 Å². The van der Waals surface area contributed by atoms with Gasteiger partial charge in [-0.2, -0.15) is 0 Å². The molecule has 1 aliphatic rings. The molecular formula is C29H36N2O5S. The number of hydrogen-bond donors (Lipinski definition) is 2. The van der Waals surface area contributed by atoms with Gasteiger partial charge in [-0.15, -0.1) is 0 Å². The van der Waals surface area contributed by atoms with Gasteiger partial charge in [-0.05, 0) is 36.0 Å². The molecule has 37 heavy (non-hydrogen) atoms. The molecule has 0 aromatic heterocycles. The number of ether oxygens (including phenoxy) is 1. The normalized spacial score (nSPS) is 15.9. The highest BCUT2D eigenvalue weighted by atomic mass is 32.2. The molecule has 8 heteroatoms. The highest BCUT2D eigenvalue weighted by Gasteiger charge is 2.44. The number of esters is 1. The second-order valence-electron chi connectivity index (χ2n) is 9.48. The quantitative estimate of drug-likeness (QED) is 0.422. The molecule has 1 aliphatic carbocycles. The molecule has 0 radical (unpaired) electrons. The molecule has 1 saturated carbocycles. The van der Waals surface area contributed by atoms with E-state index in [1.165, 1.54) is 14.0 Å². The van der Waals surface area contributed by atoms with Crippen LogP contribution < -0.4 is 10.6 Å². The van der Waals surface area contributed by atoms with E-state index in [-0.39, 0.29) is 17.4 Å². The molecule has 2 amide bonds. The van der Waals surface area contributed by atoms with Gasteiger partial charge in [-0.25, -0.2) is 4.79 Å². The van der Waals surface area contributed by atoms with Gasteiger partial charge in [-0.1, -0.05) is 92.5 Å². The molecule has 0 aliphatic heterocycles. The first-order valence-corrected chi connectivity index (χ1v) is 13.7. The molecule has 0 unspecified atom stereocenters. The number of rotatable bonds is 11. The third-order valence-electron chi connectivity index (χ3n) is 6.70. The lowest BCUT2D eigenvalue weighted by Crippen LogP contribution is -2.61. The van der Waals surface area contributed by atoms with Crippen molar-refractivity contribution >= 4 is 34.7 Å². The highest BCUT2D eigenvalue weighted by Crippen LogP contribution is 2.31. The maximum absolute atomic E-state index is 13.6. The van der Waals surface area contributed by atoms with Gasteiger partial charge in [0, 0.05) is 13.3 Å². The SMILES string of the molecule is CCC[C@@H](SC(C)=O)C(=O)NC1(C(=O)N[C@@H](Cc2ccc(-c3ccccc3)cc2)C(=O)OC)CCCC1. The van der Waals surface area contributed by atoms with E-state index in [1.54, 1.807) is 0 Å². The number of benzene rings is 2. The molecule has 0 spiro atoms. The predicted molar refractivity (Wildman–Crippen MR) is 146 cm³/mol. The molecule has 2 N–H and O–H groups in total. The number of methoxy groups -OCH3 is 1. The van der Waals surface area contributed by atoms with Crippen LogP contribution in [0.25, 0.3) is 11.1 Å². The van der Waals surface area contributed by atoms with Crippen LogP contribution in [-0.2, 0) is 30.3 Å². The molecule has 0 bridgehead atoms. The Hall–Kier alpha value is -3.13. The molecule has 0 saturated heterocycles. The van der Waals surface area contributed by atoms with E-state index >= 15 is 0 Å². The summed E-state index contributed by atoms with van der Waals surface area (Å²) in [5.74, 6) is -1.25. The summed E-state index contributed by atoms with van der Waals surface area (Å²) in [5.41, 5.74) is 1.92. The molecule has 1 fully saturated rings. The van der Waals surface area contributed by atoms with Crippen LogP contribution in [0.15, 0.2) is 54.6 Å². The van der Waals surface area contributed by atoms with Crippen molar-refractivity contribution in [2.75, 3.05) is 7.11 Å². The predicted octanol–water partition coefficient (Wildman–Crippen LogP) is 4.43. The second kappa shape index (κ2) is 13.4. The first-order chi connectivity index (χ1) is 17.8. The van der Waals surface area contributed by atoms with Crippen molar-refractivity contribution in [2.24, 2.45) is 0 Å². The molecule has 0 heterocycles. The first-order valence-electron chi connectivity index (χ1n) is 12.8. The minimum Gasteiger partial charge on any atom is -0.467 e. The minimum absolute atomic E-state index is 0.137. The van der Waals surface area contributed by atoms with Crippen LogP contribution in [0.1, 0.15) is 57.9 Å². The van der Waals surface area contributed by atoms with Gasteiger partial charge in [0.15, 0.2) is 5.12 Å². The van der Waals surface area contributed by atoms with Gasteiger partial charge in [0.25, 0.3) is 0 Å². The minimum atomic E-state index is -1.11. The summed E-state index contributed by atoms with van der Waals surface area (Å²) in [6.45, 7) is 3.39. The number of carbonyl (C=O) groups excluding carboxylic acids is 4. The third-order valence-corrected chi connectivity index (χ3v) is 7.76. The van der Waals surface area contributed by atoms with E-state index in [2.05, 4.69) is 10.6 Å². The summed E-state index contributed by atoms with van der Waals surface area (Å²) in [6, 6.07) is 16.9. The Balaban J connectivity index is 1.74. The maximum Gasteiger partial charge on any atom is 0.328 e. The molecule has 7 nitrogen and oxygen atoms in total. The van der Waals surface area contributed by atoms with Crippen LogP contribution in [0.4, 0.5) is 0 Å². The van der Waals surface area contributed by atoms with Gasteiger partial charge in [-0.3, -0.25) is 14.4 Å². The lowest BCUT2D eigenvalue weighted by Gasteiger charge is -2.32. The number of hydrogen-bond acceptors (Lipinski definition) is 6. The summed E-state index contributed by atoms with van der Waals surface area (Å²) in [6.07, 6.45) is 4.08. The Morgan fingerprint density at radius 2 is 1.59 bits per heavy atom. The summed E-state index contributed by atoms with van der Waals surface area (Å²) < 4.78 is 4.99. The fourth-order valence-electron chi connectivity index (χ4n) is 4.74. The zero-order chi connectivity index (χ0) is 26.8. The van der Waals surface area contributed by atoms with Crippen molar-refractivity contribution in [3.05, 3.63) is 60.2 Å². The molecule has 2 aromatic carbocycles. The zero-order valence-electron chi connectivity index (χ0n) is 21.8. The largest absolute Gasteiger partial charge is 0.467 e. The van der Waals surface area contributed by atoms with Crippen LogP contribution in [0.5, 0.6) is 0 Å². The molecule has 2 atom stereocenters. The fourth-order valence-corrected chi connectivity index (χ4v) is 5.66. The number of carbonyl (C=O) groups is 4. The zero-order valence-corrected chi connectivity index (χ0v) is 22.6. The topological polar surface area (TPSA) is 102 Å². The van der Waals surface area contributed by atoms with Crippen LogP contribution in [-0.4, -0.2) is 46.8 Å². The van der Waals surface area contributed by atoms with E-state index in [9.17, 15) is 19.2 Å². The fraction of sp³-hybridized carbons (Fsp3) is 0.448. The number of thioether (sulfide) groups is 1. The van der Waals surface area contributed by atoms with Crippen molar-refractivity contribution in [3.63, 3.8) is 0 Å². The lowest BCUT2D eigenvalue weighted by molar-refractivity contribution is -0.146. The number of amides is 2.